The normalized spacial score (nSPS) is 9.95. The smallest absolute Gasteiger partial charge is 0.340 e. The highest BCUT2D eigenvalue weighted by atomic mass is 127. The molecule has 114 valence electrons. The van der Waals surface area contributed by atoms with Crippen molar-refractivity contribution in [3.8, 4) is 0 Å². The molecule has 6 nitrogen and oxygen atoms in total. The first-order chi connectivity index (χ1) is 9.84. The number of amides is 2. The van der Waals surface area contributed by atoms with Crippen LogP contribution in [0.3, 0.4) is 0 Å². The quantitative estimate of drug-likeness (QED) is 0.299. The highest BCUT2D eigenvalue weighted by Gasteiger charge is 2.25. The molecule has 0 radical (unpaired) electrons. The number of hydrogen-bond donors (Lipinski definition) is 2. The Morgan fingerprint density at radius 3 is 2.19 bits per heavy atom. The molecule has 1 aromatic rings. The molecule has 1 rings (SSSR count). The molecule has 0 aliphatic heterocycles. The van der Waals surface area contributed by atoms with E-state index in [-0.39, 0.29) is 12.5 Å². The second kappa shape index (κ2) is 8.45. The van der Waals surface area contributed by atoms with Gasteiger partial charge in [0, 0.05) is 6.92 Å². The third-order valence-electron chi connectivity index (χ3n) is 2.30. The fraction of sp³-hybridized carbons (Fsp3) is 0.250. The molecule has 0 atom stereocenters. The van der Waals surface area contributed by atoms with Crippen LogP contribution in [0, 0.1) is 10.7 Å². The molecule has 0 fully saturated rings. The molecular formula is C12H11I3N2O4. The second-order valence-corrected chi connectivity index (χ2v) is 6.97. The topological polar surface area (TPSA) is 84.5 Å². The van der Waals surface area contributed by atoms with Crippen LogP contribution in [0.5, 0.6) is 0 Å². The van der Waals surface area contributed by atoms with Crippen molar-refractivity contribution in [3.05, 3.63) is 16.3 Å². The van der Waals surface area contributed by atoms with Gasteiger partial charge in [0.15, 0.2) is 0 Å². The van der Waals surface area contributed by atoms with Gasteiger partial charge < -0.3 is 15.4 Å². The van der Waals surface area contributed by atoms with E-state index < -0.39 is 5.97 Å². The lowest BCUT2D eigenvalue weighted by Crippen LogP contribution is -2.17. The van der Waals surface area contributed by atoms with Crippen LogP contribution < -0.4 is 10.6 Å². The molecule has 0 bridgehead atoms. The number of esters is 1. The van der Waals surface area contributed by atoms with Crippen LogP contribution in [0.25, 0.3) is 0 Å². The van der Waals surface area contributed by atoms with Crippen molar-refractivity contribution in [2.24, 2.45) is 0 Å². The summed E-state index contributed by atoms with van der Waals surface area (Å²) in [7, 11) is 0. The number of carbonyl (C=O) groups is 3. The Bertz CT molecular complexity index is 605. The molecule has 0 saturated carbocycles. The van der Waals surface area contributed by atoms with Gasteiger partial charge in [-0.15, -0.1) is 0 Å². The Hall–Kier alpha value is -0.180. The highest BCUT2D eigenvalue weighted by Crippen LogP contribution is 2.38. The zero-order valence-corrected chi connectivity index (χ0v) is 17.5. The number of anilines is 2. The minimum Gasteiger partial charge on any atom is -0.462 e. The van der Waals surface area contributed by atoms with E-state index in [1.165, 1.54) is 6.92 Å². The zero-order chi connectivity index (χ0) is 16.2. The predicted molar refractivity (Wildman–Crippen MR) is 105 cm³/mol. The lowest BCUT2D eigenvalue weighted by molar-refractivity contribution is -0.114. The summed E-state index contributed by atoms with van der Waals surface area (Å²) in [6.07, 6.45) is 0.527. The van der Waals surface area contributed by atoms with Gasteiger partial charge >= 0.3 is 5.97 Å². The summed E-state index contributed by atoms with van der Waals surface area (Å²) < 4.78 is 6.84. The highest BCUT2D eigenvalue weighted by molar-refractivity contribution is 14.1. The van der Waals surface area contributed by atoms with Crippen LogP contribution in [-0.2, 0) is 14.3 Å². The number of ether oxygens (including phenoxy) is 1. The lowest BCUT2D eigenvalue weighted by atomic mass is 10.1. The molecule has 0 unspecified atom stereocenters. The fourth-order valence-corrected chi connectivity index (χ4v) is 5.71. The molecule has 0 heterocycles. The summed E-state index contributed by atoms with van der Waals surface area (Å²) in [5, 5.41) is 5.25. The van der Waals surface area contributed by atoms with Gasteiger partial charge in [-0.2, -0.15) is 0 Å². The lowest BCUT2D eigenvalue weighted by Gasteiger charge is -2.18. The SMILES string of the molecule is CCOC(=O)c1c(I)c(NC=O)c(I)c(NC(C)=O)c1I. The minimum absolute atomic E-state index is 0.239. The Labute approximate surface area is 162 Å². The Morgan fingerprint density at radius 2 is 1.71 bits per heavy atom. The Kier molecular flexibility index (Phi) is 7.59. The largest absolute Gasteiger partial charge is 0.462 e. The molecule has 0 saturated heterocycles. The van der Waals surface area contributed by atoms with Crippen LogP contribution in [0.4, 0.5) is 11.4 Å². The van der Waals surface area contributed by atoms with Gasteiger partial charge in [-0.25, -0.2) is 4.79 Å². The summed E-state index contributed by atoms with van der Waals surface area (Å²) in [6, 6.07) is 0. The van der Waals surface area contributed by atoms with E-state index in [1.807, 2.05) is 67.8 Å². The van der Waals surface area contributed by atoms with E-state index in [0.29, 0.717) is 34.1 Å². The van der Waals surface area contributed by atoms with Crippen molar-refractivity contribution in [1.82, 2.24) is 0 Å². The zero-order valence-electron chi connectivity index (χ0n) is 11.1. The number of benzene rings is 1. The summed E-state index contributed by atoms with van der Waals surface area (Å²) in [6.45, 7) is 3.33. The summed E-state index contributed by atoms with van der Waals surface area (Å²) in [4.78, 5) is 34.3. The minimum atomic E-state index is -0.497. The Morgan fingerprint density at radius 1 is 1.14 bits per heavy atom. The summed E-state index contributed by atoms with van der Waals surface area (Å²) in [5.74, 6) is -0.762. The molecule has 0 spiro atoms. The van der Waals surface area contributed by atoms with Crippen LogP contribution in [0.2, 0.25) is 0 Å². The number of halogens is 3. The Balaban J connectivity index is 3.62. The molecule has 1 aromatic carbocycles. The van der Waals surface area contributed by atoms with E-state index in [9.17, 15) is 14.4 Å². The third-order valence-corrected chi connectivity index (χ3v) is 5.54. The van der Waals surface area contributed by atoms with Crippen LogP contribution in [0.1, 0.15) is 24.2 Å². The number of hydrogen-bond acceptors (Lipinski definition) is 4. The summed E-state index contributed by atoms with van der Waals surface area (Å²) in [5.41, 5.74) is 1.28. The first kappa shape index (κ1) is 18.9. The molecular weight excluding hydrogens is 617 g/mol. The van der Waals surface area contributed by atoms with E-state index in [4.69, 9.17) is 4.74 Å². The molecule has 0 aromatic heterocycles. The average molecular weight is 628 g/mol. The van der Waals surface area contributed by atoms with Gasteiger partial charge in [0.25, 0.3) is 0 Å². The van der Waals surface area contributed by atoms with Crippen molar-refractivity contribution in [1.29, 1.82) is 0 Å². The number of nitrogens with one attached hydrogen (secondary N) is 2. The summed E-state index contributed by atoms with van der Waals surface area (Å²) >= 11 is 5.97. The molecule has 2 N–H and O–H groups in total. The van der Waals surface area contributed by atoms with Crippen LogP contribution in [-0.4, -0.2) is 24.9 Å². The van der Waals surface area contributed by atoms with Gasteiger partial charge in [0.2, 0.25) is 12.3 Å². The van der Waals surface area contributed by atoms with Gasteiger partial charge in [-0.3, -0.25) is 9.59 Å². The van der Waals surface area contributed by atoms with Crippen molar-refractivity contribution < 1.29 is 19.1 Å². The molecule has 21 heavy (non-hydrogen) atoms. The van der Waals surface area contributed by atoms with Crippen LogP contribution in [0.15, 0.2) is 0 Å². The number of rotatable bonds is 5. The van der Waals surface area contributed by atoms with Crippen molar-refractivity contribution in [3.63, 3.8) is 0 Å². The van der Waals surface area contributed by atoms with Crippen molar-refractivity contribution in [2.75, 3.05) is 17.2 Å². The van der Waals surface area contributed by atoms with Crippen molar-refractivity contribution in [2.45, 2.75) is 13.8 Å². The van der Waals surface area contributed by atoms with Crippen molar-refractivity contribution >= 4 is 97.4 Å². The number of carbonyl (C=O) groups excluding carboxylic acids is 3. The van der Waals surface area contributed by atoms with Gasteiger partial charge in [0.1, 0.15) is 0 Å². The standard InChI is InChI=1S/C12H11I3N2O4/c1-3-21-12(20)6-7(13)10(16-4-18)9(15)11(8(6)14)17-5(2)19/h4H,3H2,1-2H3,(H,16,18)(H,17,19). The first-order valence-corrected chi connectivity index (χ1v) is 8.94. The maximum atomic E-state index is 12.1. The van der Waals surface area contributed by atoms with Gasteiger partial charge in [-0.05, 0) is 74.7 Å². The predicted octanol–water partition coefficient (Wildman–Crippen LogP) is 3.20. The van der Waals surface area contributed by atoms with E-state index >= 15 is 0 Å². The fourth-order valence-electron chi connectivity index (χ4n) is 1.52. The van der Waals surface area contributed by atoms with Crippen LogP contribution >= 0.6 is 67.8 Å². The molecule has 0 aliphatic carbocycles. The average Bonchev–Trinajstić information content (AvgIpc) is 2.40. The molecule has 2 amide bonds. The maximum absolute atomic E-state index is 12.1. The molecule has 9 heteroatoms. The van der Waals surface area contributed by atoms with E-state index in [2.05, 4.69) is 10.6 Å². The second-order valence-electron chi connectivity index (χ2n) is 3.73. The third kappa shape index (κ3) is 4.40. The molecule has 0 aliphatic rings. The maximum Gasteiger partial charge on any atom is 0.340 e. The monoisotopic (exact) mass is 628 g/mol. The van der Waals surface area contributed by atoms with E-state index in [1.54, 1.807) is 6.92 Å². The first-order valence-electron chi connectivity index (χ1n) is 5.70. The van der Waals surface area contributed by atoms with Gasteiger partial charge in [-0.1, -0.05) is 0 Å². The van der Waals surface area contributed by atoms with Gasteiger partial charge in [0.05, 0.1) is 34.3 Å². The van der Waals surface area contributed by atoms with E-state index in [0.717, 1.165) is 0 Å².